The second-order valence-corrected chi connectivity index (χ2v) is 5.12. The highest BCUT2D eigenvalue weighted by Gasteiger charge is 2.27. The van der Waals surface area contributed by atoms with Crippen molar-refractivity contribution >= 4 is 11.6 Å². The van der Waals surface area contributed by atoms with Crippen molar-refractivity contribution < 1.29 is 9.47 Å². The van der Waals surface area contributed by atoms with Crippen LogP contribution in [0.2, 0.25) is 5.02 Å². The van der Waals surface area contributed by atoms with Crippen LogP contribution in [0.25, 0.3) is 0 Å². The van der Waals surface area contributed by atoms with Crippen molar-refractivity contribution in [3.05, 3.63) is 22.2 Å². The van der Waals surface area contributed by atoms with Crippen LogP contribution >= 0.6 is 11.6 Å². The summed E-state index contributed by atoms with van der Waals surface area (Å²) in [4.78, 5) is 0. The molecular weight excluding hydrogens is 238 g/mol. The minimum atomic E-state index is 0.245. The zero-order valence-electron chi connectivity index (χ0n) is 10.4. The van der Waals surface area contributed by atoms with Gasteiger partial charge in [0.2, 0.25) is 6.79 Å². The van der Waals surface area contributed by atoms with Crippen molar-refractivity contribution in [1.82, 2.24) is 0 Å². The smallest absolute Gasteiger partial charge is 0.231 e. The molecule has 0 spiro atoms. The summed E-state index contributed by atoms with van der Waals surface area (Å²) in [6.45, 7) is 7.21. The zero-order valence-corrected chi connectivity index (χ0v) is 11.2. The molecular formula is C13H18ClNO2. The number of rotatable bonds is 3. The van der Waals surface area contributed by atoms with Gasteiger partial charge in [-0.05, 0) is 30.0 Å². The number of halogens is 1. The number of hydrogen-bond acceptors (Lipinski definition) is 3. The average molecular weight is 256 g/mol. The van der Waals surface area contributed by atoms with Crippen LogP contribution in [0.15, 0.2) is 6.07 Å². The molecule has 2 rings (SSSR count). The van der Waals surface area contributed by atoms with Crippen molar-refractivity contribution in [3.63, 3.8) is 0 Å². The molecule has 1 aromatic rings. The lowest BCUT2D eigenvalue weighted by molar-refractivity contribution is 0.173. The van der Waals surface area contributed by atoms with Gasteiger partial charge in [0.15, 0.2) is 11.5 Å². The van der Waals surface area contributed by atoms with Gasteiger partial charge in [0, 0.05) is 5.56 Å². The normalized spacial score (nSPS) is 15.4. The first-order chi connectivity index (χ1) is 8.06. The van der Waals surface area contributed by atoms with Gasteiger partial charge in [-0.25, -0.2) is 0 Å². The number of benzene rings is 1. The van der Waals surface area contributed by atoms with Crippen LogP contribution in [0.5, 0.6) is 11.5 Å². The Morgan fingerprint density at radius 1 is 1.29 bits per heavy atom. The molecule has 1 aliphatic rings. The Kier molecular flexibility index (Phi) is 3.50. The van der Waals surface area contributed by atoms with E-state index in [1.165, 1.54) is 5.56 Å². The molecule has 1 heterocycles. The highest BCUT2D eigenvalue weighted by molar-refractivity contribution is 6.32. The van der Waals surface area contributed by atoms with Crippen LogP contribution in [0.4, 0.5) is 0 Å². The van der Waals surface area contributed by atoms with Crippen LogP contribution in [-0.4, -0.2) is 13.3 Å². The molecule has 94 valence electrons. The van der Waals surface area contributed by atoms with Gasteiger partial charge in [-0.1, -0.05) is 32.4 Å². The van der Waals surface area contributed by atoms with Crippen LogP contribution in [0.1, 0.15) is 43.7 Å². The van der Waals surface area contributed by atoms with Gasteiger partial charge in [0.25, 0.3) is 0 Å². The first-order valence-corrected chi connectivity index (χ1v) is 6.26. The Morgan fingerprint density at radius 3 is 2.53 bits per heavy atom. The fourth-order valence-electron chi connectivity index (χ4n) is 2.20. The first kappa shape index (κ1) is 12.5. The van der Waals surface area contributed by atoms with E-state index in [0.29, 0.717) is 23.2 Å². The number of nitrogens with two attached hydrogens (primary N) is 1. The van der Waals surface area contributed by atoms with Gasteiger partial charge >= 0.3 is 0 Å². The molecule has 1 aromatic carbocycles. The van der Waals surface area contributed by atoms with E-state index >= 15 is 0 Å². The monoisotopic (exact) mass is 255 g/mol. The summed E-state index contributed by atoms with van der Waals surface area (Å²) in [5.41, 5.74) is 8.08. The SMILES string of the molecule is CC(C)c1c(C(C)CN)cc(Cl)c2c1OCO2. The summed E-state index contributed by atoms with van der Waals surface area (Å²) in [7, 11) is 0. The summed E-state index contributed by atoms with van der Waals surface area (Å²) in [6, 6.07) is 1.96. The minimum Gasteiger partial charge on any atom is -0.453 e. The van der Waals surface area contributed by atoms with Crippen LogP contribution in [-0.2, 0) is 0 Å². The van der Waals surface area contributed by atoms with E-state index in [2.05, 4.69) is 20.8 Å². The number of hydrogen-bond donors (Lipinski definition) is 1. The second kappa shape index (κ2) is 4.75. The topological polar surface area (TPSA) is 44.5 Å². The highest BCUT2D eigenvalue weighted by atomic mass is 35.5. The molecule has 0 radical (unpaired) electrons. The maximum atomic E-state index is 6.21. The maximum absolute atomic E-state index is 6.21. The number of fused-ring (bicyclic) bond motifs is 1. The van der Waals surface area contributed by atoms with E-state index in [-0.39, 0.29) is 12.7 Å². The molecule has 0 saturated heterocycles. The van der Waals surface area contributed by atoms with Gasteiger partial charge < -0.3 is 15.2 Å². The third-order valence-electron chi connectivity index (χ3n) is 3.13. The van der Waals surface area contributed by atoms with E-state index in [9.17, 15) is 0 Å². The summed E-state index contributed by atoms with van der Waals surface area (Å²) < 4.78 is 11.0. The van der Waals surface area contributed by atoms with Gasteiger partial charge in [0.05, 0.1) is 5.02 Å². The summed E-state index contributed by atoms with van der Waals surface area (Å²) >= 11 is 6.21. The van der Waals surface area contributed by atoms with Gasteiger partial charge in [-0.2, -0.15) is 0 Å². The van der Waals surface area contributed by atoms with E-state index in [1.54, 1.807) is 0 Å². The molecule has 2 N–H and O–H groups in total. The summed E-state index contributed by atoms with van der Waals surface area (Å²) in [5, 5.41) is 0.609. The zero-order chi connectivity index (χ0) is 12.6. The van der Waals surface area contributed by atoms with Crippen molar-refractivity contribution in [2.45, 2.75) is 32.6 Å². The van der Waals surface area contributed by atoms with E-state index < -0.39 is 0 Å². The average Bonchev–Trinajstić information content (AvgIpc) is 2.76. The standard InChI is InChI=1S/C13H18ClNO2/c1-7(2)11-9(8(3)5-15)4-10(14)12-13(11)17-6-16-12/h4,7-8H,5-6,15H2,1-3H3. The lowest BCUT2D eigenvalue weighted by Gasteiger charge is -2.20. The molecule has 1 aliphatic heterocycles. The molecule has 17 heavy (non-hydrogen) atoms. The fourth-order valence-corrected chi connectivity index (χ4v) is 2.45. The molecule has 0 fully saturated rings. The Morgan fingerprint density at radius 2 is 1.94 bits per heavy atom. The van der Waals surface area contributed by atoms with Crippen LogP contribution in [0.3, 0.4) is 0 Å². The molecule has 3 nitrogen and oxygen atoms in total. The third-order valence-corrected chi connectivity index (χ3v) is 3.41. The van der Waals surface area contributed by atoms with E-state index in [4.69, 9.17) is 26.8 Å². The Bertz CT molecular complexity index is 432. The van der Waals surface area contributed by atoms with Crippen LogP contribution in [0, 0.1) is 0 Å². The summed E-state index contributed by atoms with van der Waals surface area (Å²) in [6.07, 6.45) is 0. The van der Waals surface area contributed by atoms with Crippen molar-refractivity contribution in [2.24, 2.45) is 5.73 Å². The van der Waals surface area contributed by atoms with E-state index in [1.807, 2.05) is 6.07 Å². The lowest BCUT2D eigenvalue weighted by Crippen LogP contribution is -2.12. The quantitative estimate of drug-likeness (QED) is 0.902. The van der Waals surface area contributed by atoms with Gasteiger partial charge in [-0.3, -0.25) is 0 Å². The number of ether oxygens (including phenoxy) is 2. The van der Waals surface area contributed by atoms with E-state index in [0.717, 1.165) is 11.3 Å². The van der Waals surface area contributed by atoms with Crippen molar-refractivity contribution in [2.75, 3.05) is 13.3 Å². The molecule has 0 aromatic heterocycles. The molecule has 0 aliphatic carbocycles. The molecule has 4 heteroatoms. The third kappa shape index (κ3) is 2.09. The minimum absolute atomic E-state index is 0.245. The molecule has 0 amide bonds. The van der Waals surface area contributed by atoms with Crippen LogP contribution < -0.4 is 15.2 Å². The van der Waals surface area contributed by atoms with Gasteiger partial charge in [-0.15, -0.1) is 0 Å². The van der Waals surface area contributed by atoms with Gasteiger partial charge in [0.1, 0.15) is 0 Å². The molecule has 1 unspecified atom stereocenters. The largest absolute Gasteiger partial charge is 0.453 e. The molecule has 1 atom stereocenters. The summed E-state index contributed by atoms with van der Waals surface area (Å²) in [5.74, 6) is 2.08. The molecule has 0 saturated carbocycles. The Labute approximate surface area is 107 Å². The molecule has 0 bridgehead atoms. The Balaban J connectivity index is 2.63. The van der Waals surface area contributed by atoms with Crippen molar-refractivity contribution in [3.8, 4) is 11.5 Å². The predicted molar refractivity (Wildman–Crippen MR) is 69.1 cm³/mol. The highest BCUT2D eigenvalue weighted by Crippen LogP contribution is 2.47. The lowest BCUT2D eigenvalue weighted by atomic mass is 9.88. The first-order valence-electron chi connectivity index (χ1n) is 5.88. The van der Waals surface area contributed by atoms with Crippen molar-refractivity contribution in [1.29, 1.82) is 0 Å². The fraction of sp³-hybridized carbons (Fsp3) is 0.538. The predicted octanol–water partition coefficient (Wildman–Crippen LogP) is 3.25. The maximum Gasteiger partial charge on any atom is 0.231 e. The Hall–Kier alpha value is -0.930. The second-order valence-electron chi connectivity index (χ2n) is 4.72.